The molecule has 2 atom stereocenters. The summed E-state index contributed by atoms with van der Waals surface area (Å²) >= 11 is 0. The van der Waals surface area contributed by atoms with Crippen molar-refractivity contribution in [2.75, 3.05) is 39.3 Å². The van der Waals surface area contributed by atoms with Gasteiger partial charge in [-0.25, -0.2) is 0 Å². The molecule has 3 aliphatic heterocycles. The first kappa shape index (κ1) is 18.2. The average molecular weight is 350 g/mol. The Morgan fingerprint density at radius 2 is 1.96 bits per heavy atom. The van der Waals surface area contributed by atoms with Crippen LogP contribution >= 0.6 is 0 Å². The second-order valence-electron chi connectivity index (χ2n) is 7.34. The van der Waals surface area contributed by atoms with Crippen molar-refractivity contribution in [3.8, 4) is 0 Å². The third-order valence-corrected chi connectivity index (χ3v) is 5.60. The molecular weight excluding hydrogens is 320 g/mol. The Labute approximate surface area is 149 Å². The van der Waals surface area contributed by atoms with Crippen LogP contribution in [0.15, 0.2) is 0 Å². The quantitative estimate of drug-likeness (QED) is 0.786. The smallest absolute Gasteiger partial charge is 0.245 e. The molecule has 25 heavy (non-hydrogen) atoms. The zero-order chi connectivity index (χ0) is 17.8. The first-order valence-electron chi connectivity index (χ1n) is 9.70. The lowest BCUT2D eigenvalue weighted by Crippen LogP contribution is -2.59. The van der Waals surface area contributed by atoms with Crippen LogP contribution in [0.5, 0.6) is 0 Å². The highest BCUT2D eigenvalue weighted by atomic mass is 16.2. The minimum atomic E-state index is -0.295. The topological polar surface area (TPSA) is 73.0 Å². The van der Waals surface area contributed by atoms with E-state index >= 15 is 0 Å². The monoisotopic (exact) mass is 350 g/mol. The van der Waals surface area contributed by atoms with Gasteiger partial charge in [0.15, 0.2) is 0 Å². The van der Waals surface area contributed by atoms with Crippen molar-refractivity contribution >= 4 is 17.7 Å². The zero-order valence-electron chi connectivity index (χ0n) is 15.2. The molecule has 0 radical (unpaired) electrons. The number of carbonyl (C=O) groups is 3. The van der Waals surface area contributed by atoms with Crippen LogP contribution in [0.2, 0.25) is 0 Å². The molecule has 7 nitrogen and oxygen atoms in total. The Hall–Kier alpha value is -1.63. The van der Waals surface area contributed by atoms with Crippen LogP contribution in [0, 0.1) is 0 Å². The summed E-state index contributed by atoms with van der Waals surface area (Å²) in [6, 6.07) is -0.176. The van der Waals surface area contributed by atoms with Crippen LogP contribution in [-0.2, 0) is 14.4 Å². The van der Waals surface area contributed by atoms with Gasteiger partial charge in [-0.15, -0.1) is 0 Å². The molecule has 0 aromatic rings. The molecule has 7 heteroatoms. The van der Waals surface area contributed by atoms with Gasteiger partial charge in [-0.05, 0) is 32.1 Å². The average Bonchev–Trinajstić information content (AvgIpc) is 3.11. The van der Waals surface area contributed by atoms with Crippen molar-refractivity contribution in [3.63, 3.8) is 0 Å². The van der Waals surface area contributed by atoms with E-state index in [1.54, 1.807) is 4.90 Å². The number of hydrogen-bond acceptors (Lipinski definition) is 4. The summed E-state index contributed by atoms with van der Waals surface area (Å²) in [5.74, 6) is 0.310. The molecule has 3 heterocycles. The highest BCUT2D eigenvalue weighted by Crippen LogP contribution is 2.24. The summed E-state index contributed by atoms with van der Waals surface area (Å²) in [6.45, 7) is 5.96. The number of carbonyl (C=O) groups excluding carboxylic acids is 3. The summed E-state index contributed by atoms with van der Waals surface area (Å²) in [4.78, 5) is 43.1. The van der Waals surface area contributed by atoms with Crippen molar-refractivity contribution < 1.29 is 14.4 Å². The third kappa shape index (κ3) is 3.97. The maximum absolute atomic E-state index is 13.0. The number of piperazine rings is 1. The van der Waals surface area contributed by atoms with E-state index in [4.69, 9.17) is 0 Å². The lowest BCUT2D eigenvalue weighted by atomic mass is 10.0. The first-order valence-corrected chi connectivity index (χ1v) is 9.70. The molecule has 0 spiro atoms. The lowest BCUT2D eigenvalue weighted by Gasteiger charge is -2.42. The van der Waals surface area contributed by atoms with Gasteiger partial charge in [-0.2, -0.15) is 0 Å². The van der Waals surface area contributed by atoms with Crippen LogP contribution in [-0.4, -0.2) is 83.8 Å². The number of nitrogens with one attached hydrogen (secondary N) is 1. The van der Waals surface area contributed by atoms with Gasteiger partial charge < -0.3 is 20.0 Å². The van der Waals surface area contributed by atoms with Crippen molar-refractivity contribution in [2.45, 2.75) is 57.5 Å². The maximum atomic E-state index is 13.0. The van der Waals surface area contributed by atoms with E-state index in [0.29, 0.717) is 26.1 Å². The second kappa shape index (κ2) is 8.17. The van der Waals surface area contributed by atoms with Crippen LogP contribution in [0.25, 0.3) is 0 Å². The summed E-state index contributed by atoms with van der Waals surface area (Å²) in [7, 11) is 0. The van der Waals surface area contributed by atoms with Crippen LogP contribution in [0.3, 0.4) is 0 Å². The molecule has 0 aliphatic carbocycles. The van der Waals surface area contributed by atoms with Gasteiger partial charge in [-0.1, -0.05) is 6.92 Å². The van der Waals surface area contributed by atoms with Crippen LogP contribution in [0.4, 0.5) is 0 Å². The van der Waals surface area contributed by atoms with Crippen LogP contribution in [0.1, 0.15) is 45.4 Å². The summed E-state index contributed by atoms with van der Waals surface area (Å²) in [5.41, 5.74) is 0. The molecule has 0 bridgehead atoms. The van der Waals surface area contributed by atoms with Gasteiger partial charge >= 0.3 is 0 Å². The van der Waals surface area contributed by atoms with Crippen molar-refractivity contribution in [3.05, 3.63) is 0 Å². The van der Waals surface area contributed by atoms with Gasteiger partial charge in [0.2, 0.25) is 17.7 Å². The molecule has 1 N–H and O–H groups in total. The van der Waals surface area contributed by atoms with Gasteiger partial charge in [0, 0.05) is 45.2 Å². The molecule has 0 saturated carbocycles. The Kier molecular flexibility index (Phi) is 5.93. The fraction of sp³-hybridized carbons (Fsp3) is 0.833. The van der Waals surface area contributed by atoms with Gasteiger partial charge in [0.05, 0.1) is 6.54 Å². The minimum Gasteiger partial charge on any atom is -0.339 e. The fourth-order valence-electron chi connectivity index (χ4n) is 4.31. The number of amides is 3. The molecule has 0 aromatic carbocycles. The Morgan fingerprint density at radius 1 is 1.16 bits per heavy atom. The SMILES string of the molecule is CCCC(=O)N1CCCC1C(=O)N1CCCC(N2CCNCC2=O)C1. The number of rotatable bonds is 4. The van der Waals surface area contributed by atoms with Crippen molar-refractivity contribution in [1.29, 1.82) is 0 Å². The lowest BCUT2D eigenvalue weighted by molar-refractivity contribution is -0.146. The summed E-state index contributed by atoms with van der Waals surface area (Å²) in [5, 5.41) is 3.10. The molecule has 3 saturated heterocycles. The zero-order valence-corrected chi connectivity index (χ0v) is 15.2. The number of nitrogens with zero attached hydrogens (tertiary/aromatic N) is 3. The molecule has 3 amide bonds. The first-order chi connectivity index (χ1) is 12.1. The molecule has 3 rings (SSSR count). The highest BCUT2D eigenvalue weighted by molar-refractivity contribution is 5.88. The second-order valence-corrected chi connectivity index (χ2v) is 7.34. The van der Waals surface area contributed by atoms with E-state index in [9.17, 15) is 14.4 Å². The number of likely N-dealkylation sites (tertiary alicyclic amines) is 2. The number of hydrogen-bond donors (Lipinski definition) is 1. The predicted molar refractivity (Wildman–Crippen MR) is 93.8 cm³/mol. The maximum Gasteiger partial charge on any atom is 0.245 e. The third-order valence-electron chi connectivity index (χ3n) is 5.60. The van der Waals surface area contributed by atoms with Crippen molar-refractivity contribution in [2.24, 2.45) is 0 Å². The van der Waals surface area contributed by atoms with Gasteiger partial charge in [0.1, 0.15) is 6.04 Å². The van der Waals surface area contributed by atoms with E-state index in [0.717, 1.165) is 51.7 Å². The van der Waals surface area contributed by atoms with E-state index in [1.807, 2.05) is 16.7 Å². The standard InChI is InChI=1S/C18H30N4O3/c1-2-5-16(23)22-10-4-7-15(22)18(25)20-9-3-6-14(13-20)21-11-8-19-12-17(21)24/h14-15,19H,2-13H2,1H3. The highest BCUT2D eigenvalue weighted by Gasteiger charge is 2.38. The molecule has 3 aliphatic rings. The van der Waals surface area contributed by atoms with Gasteiger partial charge in [0.25, 0.3) is 0 Å². The van der Waals surface area contributed by atoms with Crippen molar-refractivity contribution in [1.82, 2.24) is 20.0 Å². The molecule has 3 fully saturated rings. The Bertz CT molecular complexity index is 524. The van der Waals surface area contributed by atoms with E-state index < -0.39 is 0 Å². The Morgan fingerprint density at radius 3 is 2.72 bits per heavy atom. The van der Waals surface area contributed by atoms with E-state index in [1.165, 1.54) is 0 Å². The van der Waals surface area contributed by atoms with Crippen LogP contribution < -0.4 is 5.32 Å². The predicted octanol–water partition coefficient (Wildman–Crippen LogP) is 0.200. The number of piperidine rings is 1. The molecule has 2 unspecified atom stereocenters. The molecule has 140 valence electrons. The van der Waals surface area contributed by atoms with Gasteiger partial charge in [-0.3, -0.25) is 14.4 Å². The summed E-state index contributed by atoms with van der Waals surface area (Å²) < 4.78 is 0. The largest absolute Gasteiger partial charge is 0.339 e. The fourth-order valence-corrected chi connectivity index (χ4v) is 4.31. The normalized spacial score (nSPS) is 27.7. The van der Waals surface area contributed by atoms with E-state index in [-0.39, 0.29) is 29.8 Å². The molecular formula is C18H30N4O3. The molecule has 0 aromatic heterocycles. The van der Waals surface area contributed by atoms with E-state index in [2.05, 4.69) is 5.32 Å². The Balaban J connectivity index is 1.63. The summed E-state index contributed by atoms with van der Waals surface area (Å²) in [6.07, 6.45) is 4.87. The minimum absolute atomic E-state index is 0.0780.